The van der Waals surface area contributed by atoms with Crippen LogP contribution in [0.1, 0.15) is 29.1 Å². The van der Waals surface area contributed by atoms with E-state index < -0.39 is 24.0 Å². The molecule has 0 radical (unpaired) electrons. The number of aromatic nitrogens is 2. The van der Waals surface area contributed by atoms with Crippen LogP contribution in [-0.2, 0) is 16.1 Å². The monoisotopic (exact) mass is 310 g/mol. The molecule has 2 heterocycles. The number of carboxylic acid groups (broad SMARTS) is 1. The Kier molecular flexibility index (Phi) is 4.08. The topological polar surface area (TPSA) is 98.5 Å². The smallest absolute Gasteiger partial charge is 0.348 e. The van der Waals surface area contributed by atoms with E-state index in [1.807, 2.05) is 0 Å². The number of ether oxygens (including phenoxy) is 1. The second-order valence-electron chi connectivity index (χ2n) is 4.76. The second-order valence-corrected chi connectivity index (χ2v) is 5.76. The van der Waals surface area contributed by atoms with Gasteiger partial charge in [0.15, 0.2) is 0 Å². The molecule has 1 N–H and O–H groups in total. The second kappa shape index (κ2) is 5.65. The van der Waals surface area contributed by atoms with E-state index in [1.165, 1.54) is 6.33 Å². The van der Waals surface area contributed by atoms with Crippen molar-refractivity contribution in [2.24, 2.45) is 0 Å². The van der Waals surface area contributed by atoms with E-state index in [2.05, 4.69) is 4.98 Å². The lowest BCUT2D eigenvalue weighted by Crippen LogP contribution is -2.24. The molecule has 0 spiro atoms. The van der Waals surface area contributed by atoms with Crippen LogP contribution in [0.2, 0.25) is 0 Å². The minimum absolute atomic E-state index is 0.263. The van der Waals surface area contributed by atoms with Crippen LogP contribution in [0, 0.1) is 6.92 Å². The van der Waals surface area contributed by atoms with Gasteiger partial charge in [-0.25, -0.2) is 9.78 Å². The summed E-state index contributed by atoms with van der Waals surface area (Å²) in [7, 11) is 0. The molecule has 0 amide bonds. The number of aliphatic carboxylic acids is 1. The Bertz CT molecular complexity index is 775. The average Bonchev–Trinajstić information content (AvgIpc) is 2.70. The summed E-state index contributed by atoms with van der Waals surface area (Å²) >= 11 is 1.07. The van der Waals surface area contributed by atoms with Gasteiger partial charge >= 0.3 is 11.9 Å². The van der Waals surface area contributed by atoms with Gasteiger partial charge in [-0.2, -0.15) is 0 Å². The zero-order chi connectivity index (χ0) is 15.7. The molecular formula is C13H14N2O5S. The number of carbonyl (C=O) groups is 2. The number of hydrogen-bond acceptors (Lipinski definition) is 6. The lowest BCUT2D eigenvalue weighted by Gasteiger charge is -2.06. The third-order valence-corrected chi connectivity index (χ3v) is 3.93. The first kappa shape index (κ1) is 15.2. The fourth-order valence-electron chi connectivity index (χ4n) is 1.88. The van der Waals surface area contributed by atoms with E-state index >= 15 is 0 Å². The van der Waals surface area contributed by atoms with E-state index in [0.29, 0.717) is 15.3 Å². The fourth-order valence-corrected chi connectivity index (χ4v) is 2.90. The quantitative estimate of drug-likeness (QED) is 0.857. The molecule has 0 aliphatic carbocycles. The molecule has 21 heavy (non-hydrogen) atoms. The first-order valence-corrected chi connectivity index (χ1v) is 7.04. The van der Waals surface area contributed by atoms with Gasteiger partial charge in [0.2, 0.25) is 0 Å². The Labute approximate surface area is 123 Å². The number of carboxylic acids is 1. The van der Waals surface area contributed by atoms with Crippen LogP contribution < -0.4 is 5.56 Å². The Morgan fingerprint density at radius 3 is 2.71 bits per heavy atom. The van der Waals surface area contributed by atoms with Crippen molar-refractivity contribution in [3.63, 3.8) is 0 Å². The van der Waals surface area contributed by atoms with Crippen molar-refractivity contribution < 1.29 is 19.4 Å². The summed E-state index contributed by atoms with van der Waals surface area (Å²) in [6.07, 6.45) is 0.908. The summed E-state index contributed by atoms with van der Waals surface area (Å²) in [6.45, 7) is 4.63. The van der Waals surface area contributed by atoms with Gasteiger partial charge in [0, 0.05) is 0 Å². The van der Waals surface area contributed by atoms with Crippen LogP contribution >= 0.6 is 11.3 Å². The predicted molar refractivity (Wildman–Crippen MR) is 76.8 cm³/mol. The molecule has 0 saturated carbocycles. The van der Waals surface area contributed by atoms with Crippen molar-refractivity contribution in [1.82, 2.24) is 9.55 Å². The highest BCUT2D eigenvalue weighted by Gasteiger charge is 2.21. The van der Waals surface area contributed by atoms with E-state index in [0.717, 1.165) is 15.9 Å². The van der Waals surface area contributed by atoms with Crippen LogP contribution in [0.5, 0.6) is 0 Å². The minimum Gasteiger partial charge on any atom is -0.480 e. The van der Waals surface area contributed by atoms with Gasteiger partial charge in [-0.15, -0.1) is 11.3 Å². The maximum absolute atomic E-state index is 12.3. The zero-order valence-electron chi connectivity index (χ0n) is 11.7. The molecule has 0 atom stereocenters. The highest BCUT2D eigenvalue weighted by molar-refractivity contribution is 7.20. The van der Waals surface area contributed by atoms with Crippen molar-refractivity contribution >= 4 is 33.5 Å². The highest BCUT2D eigenvalue weighted by atomic mass is 32.1. The molecule has 0 saturated heterocycles. The Hall–Kier alpha value is -2.22. The van der Waals surface area contributed by atoms with Gasteiger partial charge in [-0.05, 0) is 26.3 Å². The fraction of sp³-hybridized carbons (Fsp3) is 0.385. The maximum Gasteiger partial charge on any atom is 0.348 e. The summed E-state index contributed by atoms with van der Waals surface area (Å²) in [4.78, 5) is 39.7. The molecule has 2 aromatic rings. The SMILES string of the molecule is Cc1c(C(=O)OC(C)C)sc2ncn(CC(=O)O)c(=O)c12. The number of nitrogens with zero attached hydrogens (tertiary/aromatic N) is 2. The largest absolute Gasteiger partial charge is 0.480 e. The van der Waals surface area contributed by atoms with Gasteiger partial charge in [0.05, 0.1) is 17.8 Å². The molecule has 0 fully saturated rings. The molecule has 0 aliphatic rings. The Morgan fingerprint density at radius 2 is 2.14 bits per heavy atom. The molecule has 2 rings (SSSR count). The van der Waals surface area contributed by atoms with E-state index in [9.17, 15) is 14.4 Å². The first-order valence-electron chi connectivity index (χ1n) is 6.22. The van der Waals surface area contributed by atoms with E-state index in [4.69, 9.17) is 9.84 Å². The molecule has 112 valence electrons. The summed E-state index contributed by atoms with van der Waals surface area (Å²) < 4.78 is 6.12. The molecule has 0 unspecified atom stereocenters. The summed E-state index contributed by atoms with van der Waals surface area (Å²) in [5.41, 5.74) is -0.00219. The van der Waals surface area contributed by atoms with Gasteiger partial charge in [-0.3, -0.25) is 14.2 Å². The summed E-state index contributed by atoms with van der Waals surface area (Å²) in [5.74, 6) is -1.64. The third-order valence-electron chi connectivity index (χ3n) is 2.75. The minimum atomic E-state index is -1.13. The van der Waals surface area contributed by atoms with Crippen molar-refractivity contribution in [3.8, 4) is 0 Å². The molecule has 8 heteroatoms. The summed E-state index contributed by atoms with van der Waals surface area (Å²) in [6, 6.07) is 0. The molecule has 2 aromatic heterocycles. The maximum atomic E-state index is 12.3. The van der Waals surface area contributed by atoms with Crippen molar-refractivity contribution in [3.05, 3.63) is 27.1 Å². The number of fused-ring (bicyclic) bond motifs is 1. The van der Waals surface area contributed by atoms with Crippen LogP contribution in [0.4, 0.5) is 0 Å². The molecule has 7 nitrogen and oxygen atoms in total. The lowest BCUT2D eigenvalue weighted by molar-refractivity contribution is -0.137. The normalized spacial score (nSPS) is 11.0. The zero-order valence-corrected chi connectivity index (χ0v) is 12.6. The third kappa shape index (κ3) is 2.94. The van der Waals surface area contributed by atoms with Gasteiger partial charge in [0.25, 0.3) is 5.56 Å². The van der Waals surface area contributed by atoms with Crippen molar-refractivity contribution in [1.29, 1.82) is 0 Å². The van der Waals surface area contributed by atoms with Crippen LogP contribution in [0.15, 0.2) is 11.1 Å². The van der Waals surface area contributed by atoms with Crippen LogP contribution in [0.3, 0.4) is 0 Å². The van der Waals surface area contributed by atoms with Gasteiger partial charge in [0.1, 0.15) is 16.3 Å². The Morgan fingerprint density at radius 1 is 1.48 bits per heavy atom. The van der Waals surface area contributed by atoms with E-state index in [-0.39, 0.29) is 11.5 Å². The highest BCUT2D eigenvalue weighted by Crippen LogP contribution is 2.27. The van der Waals surface area contributed by atoms with Gasteiger partial charge in [-0.1, -0.05) is 0 Å². The molecule has 0 aromatic carbocycles. The first-order chi connectivity index (χ1) is 9.81. The van der Waals surface area contributed by atoms with Crippen LogP contribution in [0.25, 0.3) is 10.2 Å². The van der Waals surface area contributed by atoms with Crippen molar-refractivity contribution in [2.75, 3.05) is 0 Å². The Balaban J connectivity index is 2.57. The number of thiophene rings is 1. The molecular weight excluding hydrogens is 296 g/mol. The summed E-state index contributed by atoms with van der Waals surface area (Å²) in [5, 5.41) is 9.03. The van der Waals surface area contributed by atoms with Crippen LogP contribution in [-0.4, -0.2) is 32.7 Å². The number of rotatable bonds is 4. The predicted octanol–water partition coefficient (Wildman–Crippen LogP) is 1.42. The average molecular weight is 310 g/mol. The van der Waals surface area contributed by atoms with Crippen molar-refractivity contribution in [2.45, 2.75) is 33.4 Å². The van der Waals surface area contributed by atoms with E-state index in [1.54, 1.807) is 20.8 Å². The molecule has 0 aliphatic heterocycles. The lowest BCUT2D eigenvalue weighted by atomic mass is 10.2. The number of esters is 1. The number of aryl methyl sites for hydroxylation is 1. The van der Waals surface area contributed by atoms with Gasteiger partial charge < -0.3 is 9.84 Å². The number of carbonyl (C=O) groups excluding carboxylic acids is 1. The molecule has 0 bridgehead atoms. The standard InChI is InChI=1S/C13H14N2O5S/c1-6(2)20-13(19)10-7(3)9-11(21-10)14-5-15(12(9)18)4-8(16)17/h5-6H,4H2,1-3H3,(H,16,17). The number of hydrogen-bond donors (Lipinski definition) is 1.